The van der Waals surface area contributed by atoms with Crippen LogP contribution in [0.2, 0.25) is 0 Å². The van der Waals surface area contributed by atoms with Crippen LogP contribution in [-0.4, -0.2) is 39.8 Å². The van der Waals surface area contributed by atoms with Crippen molar-refractivity contribution in [2.24, 2.45) is 4.99 Å². The van der Waals surface area contributed by atoms with Crippen LogP contribution in [0.3, 0.4) is 0 Å². The van der Waals surface area contributed by atoms with Gasteiger partial charge in [0.05, 0.1) is 22.4 Å². The van der Waals surface area contributed by atoms with E-state index in [1.54, 1.807) is 24.9 Å². The monoisotopic (exact) mass is 422 g/mol. The summed E-state index contributed by atoms with van der Waals surface area (Å²) in [5.74, 6) is -1.54. The van der Waals surface area contributed by atoms with Gasteiger partial charge in [-0.2, -0.15) is 5.10 Å². The Labute approximate surface area is 180 Å². The zero-order valence-electron chi connectivity index (χ0n) is 17.8. The van der Waals surface area contributed by atoms with Gasteiger partial charge in [-0.05, 0) is 50.5 Å². The Kier molecular flexibility index (Phi) is 5.07. The molecule has 1 aromatic heterocycles. The second-order valence-corrected chi connectivity index (χ2v) is 8.21. The minimum Gasteiger partial charge on any atom is -0.337 e. The molecule has 2 bridgehead atoms. The van der Waals surface area contributed by atoms with Crippen molar-refractivity contribution in [1.82, 2.24) is 15.1 Å². The van der Waals surface area contributed by atoms with Crippen LogP contribution in [0.1, 0.15) is 43.9 Å². The highest BCUT2D eigenvalue weighted by molar-refractivity contribution is 6.38. The van der Waals surface area contributed by atoms with Crippen LogP contribution in [0.25, 0.3) is 11.3 Å². The van der Waals surface area contributed by atoms with E-state index in [1.165, 1.54) is 24.4 Å². The molecule has 1 heterocycles. The summed E-state index contributed by atoms with van der Waals surface area (Å²) >= 11 is 0. The van der Waals surface area contributed by atoms with Gasteiger partial charge in [0.1, 0.15) is 17.3 Å². The van der Waals surface area contributed by atoms with E-state index in [0.717, 1.165) is 29.7 Å². The quantitative estimate of drug-likeness (QED) is 0.524. The highest BCUT2D eigenvalue weighted by Crippen LogP contribution is 2.61. The Hall–Kier alpha value is -3.22. The highest BCUT2D eigenvalue weighted by Gasteiger charge is 2.58. The molecule has 1 aromatic carbocycles. The molecular weight excluding hydrogens is 398 g/mol. The average Bonchev–Trinajstić information content (AvgIpc) is 3.21. The number of likely N-dealkylation sites (N-methyl/N-ethyl adjacent to an activating group) is 1. The zero-order chi connectivity index (χ0) is 22.5. The van der Waals surface area contributed by atoms with Crippen molar-refractivity contribution in [3.8, 4) is 11.3 Å². The van der Waals surface area contributed by atoms with Crippen molar-refractivity contribution in [2.75, 3.05) is 7.05 Å². The zero-order valence-corrected chi connectivity index (χ0v) is 17.8. The lowest BCUT2D eigenvalue weighted by Gasteiger charge is -2.39. The van der Waals surface area contributed by atoms with E-state index in [4.69, 9.17) is 0 Å². The third-order valence-corrected chi connectivity index (χ3v) is 6.87. The maximum atomic E-state index is 14.3. The minimum atomic E-state index is -0.679. The van der Waals surface area contributed by atoms with Gasteiger partial charge in [0.25, 0.3) is 5.91 Å². The van der Waals surface area contributed by atoms with Gasteiger partial charge in [-0.25, -0.2) is 8.78 Å². The molecule has 0 aliphatic heterocycles. The van der Waals surface area contributed by atoms with E-state index in [1.807, 2.05) is 6.92 Å². The molecule has 0 radical (unpaired) electrons. The molecule has 31 heavy (non-hydrogen) atoms. The molecule has 1 amide bonds. The number of carbonyl (C=O) groups excluding carboxylic acids is 1. The number of aliphatic imine (C=N–C) groups is 1. The first-order valence-corrected chi connectivity index (χ1v) is 10.2. The van der Waals surface area contributed by atoms with Crippen LogP contribution >= 0.6 is 0 Å². The number of nitrogens with zero attached hydrogens (tertiary/aromatic N) is 4. The lowest BCUT2D eigenvalue weighted by molar-refractivity contribution is -0.125. The molecule has 1 fully saturated rings. The third-order valence-electron chi connectivity index (χ3n) is 6.87. The second-order valence-electron chi connectivity index (χ2n) is 8.21. The summed E-state index contributed by atoms with van der Waals surface area (Å²) in [4.78, 5) is 18.5. The molecule has 0 N–H and O–H groups in total. The largest absolute Gasteiger partial charge is 0.337 e. The molecule has 2 aromatic rings. The molecule has 4 rings (SSSR count). The third kappa shape index (κ3) is 2.94. The van der Waals surface area contributed by atoms with Crippen LogP contribution in [0, 0.1) is 11.6 Å². The Morgan fingerprint density at radius 1 is 1.35 bits per heavy atom. The first-order chi connectivity index (χ1) is 14.7. The average molecular weight is 422 g/mol. The van der Waals surface area contributed by atoms with Crippen LogP contribution in [0.15, 0.2) is 54.2 Å². The smallest absolute Gasteiger partial charge is 0.267 e. The van der Waals surface area contributed by atoms with Crippen molar-refractivity contribution < 1.29 is 13.6 Å². The molecule has 5 nitrogen and oxygen atoms in total. The predicted molar refractivity (Wildman–Crippen MR) is 116 cm³/mol. The van der Waals surface area contributed by atoms with Gasteiger partial charge in [0.15, 0.2) is 0 Å². The number of hydrogen-bond donors (Lipinski definition) is 0. The van der Waals surface area contributed by atoms with E-state index >= 15 is 0 Å². The summed E-state index contributed by atoms with van der Waals surface area (Å²) in [5.41, 5.74) is 2.35. The number of benzene rings is 1. The number of amides is 1. The molecule has 0 spiro atoms. The molecule has 3 atom stereocenters. The van der Waals surface area contributed by atoms with Crippen molar-refractivity contribution in [3.05, 3.63) is 72.1 Å². The minimum absolute atomic E-state index is 0.0213. The van der Waals surface area contributed by atoms with Crippen LogP contribution in [0.5, 0.6) is 0 Å². The van der Waals surface area contributed by atoms with Gasteiger partial charge in [0.2, 0.25) is 0 Å². The molecule has 160 valence electrons. The molecule has 2 aliphatic carbocycles. The van der Waals surface area contributed by atoms with Crippen LogP contribution in [0.4, 0.5) is 8.78 Å². The Morgan fingerprint density at radius 3 is 2.68 bits per heavy atom. The summed E-state index contributed by atoms with van der Waals surface area (Å²) in [6, 6.07) is 5.20. The summed E-state index contributed by atoms with van der Waals surface area (Å²) in [6.45, 7) is 11.5. The van der Waals surface area contributed by atoms with Crippen molar-refractivity contribution >= 4 is 11.6 Å². The SMILES string of the molecule is C=CN=C(C)C(=O)N(C)C(C)[C@]12CC[C@H](C1=C)c1cc(-c3c(F)cccc3F)nnc12. The summed E-state index contributed by atoms with van der Waals surface area (Å²) in [6.07, 6.45) is 2.96. The predicted octanol–water partition coefficient (Wildman–Crippen LogP) is 4.56. The fourth-order valence-electron chi connectivity index (χ4n) is 5.14. The summed E-state index contributed by atoms with van der Waals surface area (Å²) in [5, 5.41) is 8.62. The number of halogens is 2. The van der Waals surface area contributed by atoms with Crippen LogP contribution < -0.4 is 0 Å². The molecule has 0 saturated heterocycles. The lowest BCUT2D eigenvalue weighted by atomic mass is 9.74. The summed E-state index contributed by atoms with van der Waals surface area (Å²) in [7, 11) is 1.74. The Balaban J connectivity index is 1.78. The van der Waals surface area contributed by atoms with E-state index in [-0.39, 0.29) is 29.1 Å². The molecular formula is C24H24F2N4O. The first kappa shape index (κ1) is 21.0. The van der Waals surface area contributed by atoms with E-state index < -0.39 is 17.0 Å². The molecule has 1 unspecified atom stereocenters. The van der Waals surface area contributed by atoms with Gasteiger partial charge < -0.3 is 4.90 Å². The molecule has 2 aliphatic rings. The van der Waals surface area contributed by atoms with Gasteiger partial charge in [-0.3, -0.25) is 9.79 Å². The maximum absolute atomic E-state index is 14.3. The van der Waals surface area contributed by atoms with Crippen LogP contribution in [-0.2, 0) is 10.2 Å². The number of aromatic nitrogens is 2. The molecule has 7 heteroatoms. The normalized spacial score (nSPS) is 22.9. The fraction of sp³-hybridized carbons (Fsp3) is 0.333. The number of fused-ring (bicyclic) bond motifs is 5. The standard InChI is InChI=1S/C24H24F2N4O/c1-6-27-14(3)23(31)30(5)15(4)24-11-10-16(13(24)2)17-12-20(28-29-22(17)24)21-18(25)8-7-9-19(21)26/h6-9,12,15-16H,1-2,10-11H2,3-5H3/t15?,16-,24+/m1/s1. The van der Waals surface area contributed by atoms with E-state index in [9.17, 15) is 13.6 Å². The lowest BCUT2D eigenvalue weighted by Crippen LogP contribution is -2.50. The number of carbonyl (C=O) groups is 1. The van der Waals surface area contributed by atoms with Gasteiger partial charge in [0, 0.05) is 25.2 Å². The van der Waals surface area contributed by atoms with Gasteiger partial charge >= 0.3 is 0 Å². The Bertz CT molecular complexity index is 1120. The first-order valence-electron chi connectivity index (χ1n) is 10.2. The van der Waals surface area contributed by atoms with Gasteiger partial charge in [-0.15, -0.1) is 5.10 Å². The number of rotatable bonds is 5. The van der Waals surface area contributed by atoms with E-state index in [2.05, 4.69) is 28.3 Å². The maximum Gasteiger partial charge on any atom is 0.267 e. The van der Waals surface area contributed by atoms with Crippen molar-refractivity contribution in [3.63, 3.8) is 0 Å². The summed E-state index contributed by atoms with van der Waals surface area (Å²) < 4.78 is 28.6. The van der Waals surface area contributed by atoms with E-state index in [0.29, 0.717) is 5.71 Å². The van der Waals surface area contributed by atoms with Crippen molar-refractivity contribution in [1.29, 1.82) is 0 Å². The molecule has 1 saturated carbocycles. The van der Waals surface area contributed by atoms with Gasteiger partial charge in [-0.1, -0.05) is 24.8 Å². The Morgan fingerprint density at radius 2 is 2.03 bits per heavy atom. The van der Waals surface area contributed by atoms with Crippen molar-refractivity contribution in [2.45, 2.75) is 44.1 Å². The highest BCUT2D eigenvalue weighted by atomic mass is 19.1. The topological polar surface area (TPSA) is 58.5 Å². The number of hydrogen-bond acceptors (Lipinski definition) is 4. The second kappa shape index (κ2) is 7.48. The fourth-order valence-corrected chi connectivity index (χ4v) is 5.14.